The van der Waals surface area contributed by atoms with Crippen LogP contribution in [-0.2, 0) is 0 Å². The average molecular weight is 319 g/mol. The van der Waals surface area contributed by atoms with Gasteiger partial charge in [0.2, 0.25) is 0 Å². The summed E-state index contributed by atoms with van der Waals surface area (Å²) < 4.78 is 0. The van der Waals surface area contributed by atoms with E-state index in [-0.39, 0.29) is 0 Å². The molecule has 0 amide bonds. The number of aromatic nitrogens is 2. The van der Waals surface area contributed by atoms with E-state index >= 15 is 0 Å². The molecule has 2 fully saturated rings. The summed E-state index contributed by atoms with van der Waals surface area (Å²) in [6.45, 7) is 10.1. The van der Waals surface area contributed by atoms with Gasteiger partial charge in [-0.25, -0.2) is 9.97 Å². The van der Waals surface area contributed by atoms with Crippen molar-refractivity contribution in [3.05, 3.63) is 17.6 Å². The summed E-state index contributed by atoms with van der Waals surface area (Å²) in [7, 11) is 0. The Kier molecular flexibility index (Phi) is 4.47. The molecule has 120 valence electrons. The second kappa shape index (κ2) is 6.36. The molecule has 3 rings (SSSR count). The van der Waals surface area contributed by atoms with E-state index in [1.165, 1.54) is 12.8 Å². The first-order valence-electron chi connectivity index (χ1n) is 8.19. The van der Waals surface area contributed by atoms with Crippen LogP contribution in [0, 0.1) is 6.92 Å². The van der Waals surface area contributed by atoms with Crippen molar-refractivity contribution in [1.82, 2.24) is 20.2 Å². The fraction of sp³-hybridized carbons (Fsp3) is 0.688. The summed E-state index contributed by atoms with van der Waals surface area (Å²) in [5.41, 5.74) is 1.04. The normalized spacial score (nSPS) is 18.7. The van der Waals surface area contributed by atoms with E-state index in [0.29, 0.717) is 12.0 Å². The van der Waals surface area contributed by atoms with Crippen LogP contribution in [0.1, 0.15) is 44.1 Å². The number of rotatable bonds is 3. The molecule has 0 atom stereocenters. The standard InChI is InChI=1S/C16H25N5S/c1-11(2)15-17-12(3)10-14(19-15)20-6-8-21(9-7-20)16(22)18-13-4-5-13/h10-11,13H,4-9H2,1-3H3,(H,18,22). The minimum atomic E-state index is 0.357. The van der Waals surface area contributed by atoms with Crippen molar-refractivity contribution in [2.24, 2.45) is 0 Å². The van der Waals surface area contributed by atoms with Crippen LogP contribution < -0.4 is 10.2 Å². The fourth-order valence-corrected chi connectivity index (χ4v) is 2.98. The third kappa shape index (κ3) is 3.66. The molecule has 1 aliphatic carbocycles. The Morgan fingerprint density at radius 3 is 2.50 bits per heavy atom. The van der Waals surface area contributed by atoms with Crippen molar-refractivity contribution in [3.63, 3.8) is 0 Å². The lowest BCUT2D eigenvalue weighted by Gasteiger charge is -2.37. The fourth-order valence-electron chi connectivity index (χ4n) is 2.63. The van der Waals surface area contributed by atoms with Gasteiger partial charge in [-0.3, -0.25) is 0 Å². The van der Waals surface area contributed by atoms with Crippen LogP contribution in [0.2, 0.25) is 0 Å². The van der Waals surface area contributed by atoms with E-state index in [0.717, 1.165) is 48.6 Å². The van der Waals surface area contributed by atoms with Crippen molar-refractivity contribution >= 4 is 23.1 Å². The predicted molar refractivity (Wildman–Crippen MR) is 93.4 cm³/mol. The molecule has 0 unspecified atom stereocenters. The third-order valence-corrected chi connectivity index (χ3v) is 4.55. The summed E-state index contributed by atoms with van der Waals surface area (Å²) >= 11 is 5.49. The average Bonchev–Trinajstić information content (AvgIpc) is 3.30. The Morgan fingerprint density at radius 1 is 1.23 bits per heavy atom. The monoisotopic (exact) mass is 319 g/mol. The van der Waals surface area contributed by atoms with Gasteiger partial charge in [0.15, 0.2) is 5.11 Å². The SMILES string of the molecule is Cc1cc(N2CCN(C(=S)NC3CC3)CC2)nc(C(C)C)n1. The van der Waals surface area contributed by atoms with Gasteiger partial charge >= 0.3 is 0 Å². The van der Waals surface area contributed by atoms with E-state index in [1.807, 2.05) is 6.92 Å². The smallest absolute Gasteiger partial charge is 0.169 e. The van der Waals surface area contributed by atoms with Gasteiger partial charge in [-0.2, -0.15) is 0 Å². The molecule has 0 spiro atoms. The van der Waals surface area contributed by atoms with Crippen molar-refractivity contribution < 1.29 is 0 Å². The molecule has 1 aromatic rings. The maximum absolute atomic E-state index is 5.49. The molecule has 1 N–H and O–H groups in total. The minimum Gasteiger partial charge on any atom is -0.360 e. The zero-order valence-electron chi connectivity index (χ0n) is 13.7. The van der Waals surface area contributed by atoms with Gasteiger partial charge in [0.05, 0.1) is 0 Å². The highest BCUT2D eigenvalue weighted by Gasteiger charge is 2.26. The zero-order valence-corrected chi connectivity index (χ0v) is 14.5. The number of thiocarbonyl (C=S) groups is 1. The van der Waals surface area contributed by atoms with Crippen LogP contribution in [0.4, 0.5) is 5.82 Å². The second-order valence-corrected chi connectivity index (χ2v) is 6.96. The quantitative estimate of drug-likeness (QED) is 0.861. The largest absolute Gasteiger partial charge is 0.360 e. The van der Waals surface area contributed by atoms with E-state index in [1.54, 1.807) is 0 Å². The maximum Gasteiger partial charge on any atom is 0.169 e. The molecule has 0 bridgehead atoms. The molecule has 2 aliphatic rings. The highest BCUT2D eigenvalue weighted by atomic mass is 32.1. The van der Waals surface area contributed by atoms with E-state index < -0.39 is 0 Å². The Morgan fingerprint density at radius 2 is 1.91 bits per heavy atom. The van der Waals surface area contributed by atoms with Crippen LogP contribution >= 0.6 is 12.2 Å². The van der Waals surface area contributed by atoms with Crippen molar-refractivity contribution in [3.8, 4) is 0 Å². The third-order valence-electron chi connectivity index (χ3n) is 4.17. The molecule has 22 heavy (non-hydrogen) atoms. The molecule has 1 aliphatic heterocycles. The van der Waals surface area contributed by atoms with Crippen LogP contribution in [0.15, 0.2) is 6.07 Å². The van der Waals surface area contributed by atoms with Gasteiger partial charge in [0, 0.05) is 49.9 Å². The van der Waals surface area contributed by atoms with Gasteiger partial charge < -0.3 is 15.1 Å². The van der Waals surface area contributed by atoms with Gasteiger partial charge in [-0.05, 0) is 32.0 Å². The number of hydrogen-bond acceptors (Lipinski definition) is 4. The zero-order chi connectivity index (χ0) is 15.7. The molecule has 1 saturated carbocycles. The van der Waals surface area contributed by atoms with Crippen LogP contribution in [0.5, 0.6) is 0 Å². The molecule has 6 heteroatoms. The summed E-state index contributed by atoms with van der Waals surface area (Å²) in [5.74, 6) is 2.34. The van der Waals surface area contributed by atoms with Crippen LogP contribution in [0.3, 0.4) is 0 Å². The Balaban J connectivity index is 1.62. The van der Waals surface area contributed by atoms with Gasteiger partial charge in [-0.15, -0.1) is 0 Å². The Bertz CT molecular complexity index is 547. The number of nitrogens with zero attached hydrogens (tertiary/aromatic N) is 4. The lowest BCUT2D eigenvalue weighted by atomic mass is 10.2. The lowest BCUT2D eigenvalue weighted by Crippen LogP contribution is -2.52. The summed E-state index contributed by atoms with van der Waals surface area (Å²) in [6, 6.07) is 2.71. The first-order valence-corrected chi connectivity index (χ1v) is 8.59. The first kappa shape index (κ1) is 15.5. The first-order chi connectivity index (χ1) is 10.5. The summed E-state index contributed by atoms with van der Waals surface area (Å²) in [5, 5.41) is 4.34. The predicted octanol–water partition coefficient (Wildman–Crippen LogP) is 2.07. The molecule has 0 radical (unpaired) electrons. The van der Waals surface area contributed by atoms with Gasteiger partial charge in [-0.1, -0.05) is 13.8 Å². The van der Waals surface area contributed by atoms with E-state index in [2.05, 4.69) is 40.0 Å². The van der Waals surface area contributed by atoms with Crippen LogP contribution in [0.25, 0.3) is 0 Å². The Hall–Kier alpha value is -1.43. The van der Waals surface area contributed by atoms with Crippen molar-refractivity contribution in [2.45, 2.75) is 45.6 Å². The molecule has 5 nitrogen and oxygen atoms in total. The number of hydrogen-bond donors (Lipinski definition) is 1. The second-order valence-electron chi connectivity index (χ2n) is 6.58. The molecular weight excluding hydrogens is 294 g/mol. The highest BCUT2D eigenvalue weighted by molar-refractivity contribution is 7.80. The van der Waals surface area contributed by atoms with Crippen LogP contribution in [-0.4, -0.2) is 52.2 Å². The number of piperazine rings is 1. The van der Waals surface area contributed by atoms with E-state index in [4.69, 9.17) is 17.2 Å². The molecule has 1 aromatic heterocycles. The van der Waals surface area contributed by atoms with Gasteiger partial charge in [0.25, 0.3) is 0 Å². The maximum atomic E-state index is 5.49. The Labute approximate surface area is 138 Å². The van der Waals surface area contributed by atoms with Crippen molar-refractivity contribution in [1.29, 1.82) is 0 Å². The molecular formula is C16H25N5S. The van der Waals surface area contributed by atoms with Gasteiger partial charge in [0.1, 0.15) is 11.6 Å². The summed E-state index contributed by atoms with van der Waals surface area (Å²) in [4.78, 5) is 13.9. The number of aryl methyl sites for hydroxylation is 1. The molecule has 1 saturated heterocycles. The highest BCUT2D eigenvalue weighted by Crippen LogP contribution is 2.21. The topological polar surface area (TPSA) is 44.3 Å². The van der Waals surface area contributed by atoms with Crippen molar-refractivity contribution in [2.75, 3.05) is 31.1 Å². The van der Waals surface area contributed by atoms with E-state index in [9.17, 15) is 0 Å². The summed E-state index contributed by atoms with van der Waals surface area (Å²) in [6.07, 6.45) is 2.52. The minimum absolute atomic E-state index is 0.357. The molecule has 2 heterocycles. The number of anilines is 1. The number of nitrogens with one attached hydrogen (secondary N) is 1. The lowest BCUT2D eigenvalue weighted by molar-refractivity contribution is 0.378. The molecule has 0 aromatic carbocycles.